The second kappa shape index (κ2) is 16.0. The Kier molecular flexibility index (Phi) is 10.8. The summed E-state index contributed by atoms with van der Waals surface area (Å²) in [5, 5.41) is 11.3. The van der Waals surface area contributed by atoms with Gasteiger partial charge in [-0.1, -0.05) is 158 Å². The number of pyridine rings is 1. The van der Waals surface area contributed by atoms with E-state index in [4.69, 9.17) is 11.3 Å². The summed E-state index contributed by atoms with van der Waals surface area (Å²) in [4.78, 5) is 10.3. The molecule has 1 N–H and O–H groups in total. The Morgan fingerprint density at radius 1 is 0.638 bits per heavy atom. The van der Waals surface area contributed by atoms with Crippen LogP contribution in [0.1, 0.15) is 79.3 Å². The van der Waals surface area contributed by atoms with Gasteiger partial charge in [-0.2, -0.15) is 0 Å². The summed E-state index contributed by atoms with van der Waals surface area (Å²) < 4.78 is 10.7. The van der Waals surface area contributed by atoms with Crippen molar-refractivity contribution in [1.29, 1.82) is 0 Å². The van der Waals surface area contributed by atoms with Gasteiger partial charge in [-0.15, -0.1) is 29.3 Å². The van der Waals surface area contributed by atoms with Gasteiger partial charge >= 0.3 is 0 Å². The molecule has 0 atom stereocenters. The first kappa shape index (κ1) is 39.3. The Morgan fingerprint density at radius 2 is 1.28 bits per heavy atom. The van der Waals surface area contributed by atoms with Crippen LogP contribution in [0.3, 0.4) is 0 Å². The second-order valence-electron chi connectivity index (χ2n) is 17.3. The third kappa shape index (κ3) is 7.96. The van der Waals surface area contributed by atoms with E-state index in [0.29, 0.717) is 11.4 Å². The molecule has 58 heavy (non-hydrogen) atoms. The molecule has 2 aromatic heterocycles. The third-order valence-corrected chi connectivity index (χ3v) is 10.8. The third-order valence-electron chi connectivity index (χ3n) is 10.8. The average Bonchev–Trinajstić information content (AvgIpc) is 3.59. The van der Waals surface area contributed by atoms with Crippen LogP contribution in [0.15, 0.2) is 146 Å². The number of fused-ring (bicyclic) bond motifs is 1. The maximum atomic E-state index is 11.3. The van der Waals surface area contributed by atoms with E-state index in [9.17, 15) is 5.11 Å². The molecule has 5 heteroatoms. The van der Waals surface area contributed by atoms with Gasteiger partial charge < -0.3 is 5.11 Å². The van der Waals surface area contributed by atoms with Gasteiger partial charge in [0, 0.05) is 34.3 Å². The molecule has 294 valence electrons. The zero-order chi connectivity index (χ0) is 41.0. The first-order chi connectivity index (χ1) is 27.6. The fraction of sp³-hybridized carbons (Fsp3) is 0.208. The normalized spacial score (nSPS) is 12.3. The maximum absolute atomic E-state index is 11.3. The molecule has 0 aliphatic heterocycles. The standard InChI is InChI=1S/C53H50N3O.Pt/c1-34(2)35-21-23-37(24-22-35)39-27-28-54-46(33-39)41-29-40(30-42(31-41)52(3,4)5)43-18-14-19-48-50(43)55-51(44-17-12-13-20-49(44)57)56(48)47-26-25-38(32-45(47)53(6,7)8)36-15-10-9-11-16-36;/h9-28,30-34,57H,1-8H3;/q-1;/i34D;. The van der Waals surface area contributed by atoms with E-state index < -0.39 is 5.89 Å². The molecular formula is C53H50N3OPt-. The molecule has 0 radical (unpaired) electrons. The number of nitrogens with zero attached hydrogens (tertiary/aromatic N) is 3. The molecule has 0 bridgehead atoms. The number of aromatic hydroxyl groups is 1. The minimum Gasteiger partial charge on any atom is -0.507 e. The van der Waals surface area contributed by atoms with Crippen LogP contribution < -0.4 is 0 Å². The Morgan fingerprint density at radius 3 is 1.97 bits per heavy atom. The number of hydrogen-bond acceptors (Lipinski definition) is 3. The summed E-state index contributed by atoms with van der Waals surface area (Å²) in [7, 11) is 0. The van der Waals surface area contributed by atoms with Crippen molar-refractivity contribution in [2.24, 2.45) is 0 Å². The fourth-order valence-electron chi connectivity index (χ4n) is 7.59. The van der Waals surface area contributed by atoms with E-state index in [2.05, 4.69) is 143 Å². The summed E-state index contributed by atoms with van der Waals surface area (Å²) in [6, 6.07) is 51.6. The van der Waals surface area contributed by atoms with Crippen molar-refractivity contribution < 1.29 is 27.5 Å². The molecule has 0 aliphatic rings. The van der Waals surface area contributed by atoms with E-state index in [0.717, 1.165) is 72.5 Å². The molecule has 0 unspecified atom stereocenters. The number of rotatable bonds is 7. The maximum Gasteiger partial charge on any atom is 0.148 e. The summed E-state index contributed by atoms with van der Waals surface area (Å²) >= 11 is 0. The summed E-state index contributed by atoms with van der Waals surface area (Å²) in [5.74, 6) is 0.176. The molecule has 8 rings (SSSR count). The predicted octanol–water partition coefficient (Wildman–Crippen LogP) is 14.0. The van der Waals surface area contributed by atoms with Crippen molar-refractivity contribution >= 4 is 11.0 Å². The minimum absolute atomic E-state index is 0. The summed E-state index contributed by atoms with van der Waals surface area (Å²) in [5.41, 5.74) is 14.4. The molecule has 0 aliphatic carbocycles. The summed E-state index contributed by atoms with van der Waals surface area (Å²) in [6.45, 7) is 17.2. The smallest absolute Gasteiger partial charge is 0.148 e. The molecule has 0 spiro atoms. The number of imidazole rings is 1. The molecule has 4 nitrogen and oxygen atoms in total. The van der Waals surface area contributed by atoms with E-state index >= 15 is 0 Å². The molecule has 0 saturated carbocycles. The van der Waals surface area contributed by atoms with Gasteiger partial charge in [0.1, 0.15) is 11.6 Å². The summed E-state index contributed by atoms with van der Waals surface area (Å²) in [6.07, 6.45) is 1.86. The van der Waals surface area contributed by atoms with Crippen molar-refractivity contribution in [3.05, 3.63) is 168 Å². The molecular weight excluding hydrogens is 890 g/mol. The van der Waals surface area contributed by atoms with Crippen LogP contribution in [0.4, 0.5) is 0 Å². The van der Waals surface area contributed by atoms with E-state index in [1.165, 1.54) is 5.56 Å². The minimum atomic E-state index is -0.663. The van der Waals surface area contributed by atoms with Gasteiger partial charge in [-0.3, -0.25) is 9.55 Å². The Bertz CT molecular complexity index is 2790. The van der Waals surface area contributed by atoms with Crippen molar-refractivity contribution in [1.82, 2.24) is 14.5 Å². The fourth-order valence-corrected chi connectivity index (χ4v) is 7.59. The van der Waals surface area contributed by atoms with Crippen LogP contribution in [-0.2, 0) is 31.9 Å². The Labute approximate surface area is 359 Å². The zero-order valence-electron chi connectivity index (χ0n) is 35.5. The Hall–Kier alpha value is -5.57. The monoisotopic (exact) mass is 940 g/mol. The second-order valence-corrected chi connectivity index (χ2v) is 17.3. The topological polar surface area (TPSA) is 50.9 Å². The van der Waals surface area contributed by atoms with Crippen molar-refractivity contribution in [2.75, 3.05) is 0 Å². The molecule has 8 aromatic rings. The zero-order valence-corrected chi connectivity index (χ0v) is 36.7. The number of hydrogen-bond donors (Lipinski definition) is 1. The number of para-hydroxylation sites is 2. The molecule has 6 aromatic carbocycles. The molecule has 0 amide bonds. The van der Waals surface area contributed by atoms with Gasteiger partial charge in [0.2, 0.25) is 0 Å². The van der Waals surface area contributed by atoms with Crippen molar-refractivity contribution in [3.63, 3.8) is 0 Å². The molecule has 2 heterocycles. The average molecular weight is 941 g/mol. The van der Waals surface area contributed by atoms with E-state index in [-0.39, 0.29) is 37.6 Å². The number of phenols is 1. The van der Waals surface area contributed by atoms with Crippen LogP contribution in [0.5, 0.6) is 5.75 Å². The van der Waals surface area contributed by atoms with Crippen LogP contribution >= 0.6 is 0 Å². The first-order valence-corrected chi connectivity index (χ1v) is 19.7. The molecule has 0 fully saturated rings. The van der Waals surface area contributed by atoms with Gasteiger partial charge in [0.05, 0.1) is 22.3 Å². The largest absolute Gasteiger partial charge is 0.507 e. The first-order valence-electron chi connectivity index (χ1n) is 20.2. The number of aromatic nitrogens is 3. The van der Waals surface area contributed by atoms with Crippen LogP contribution in [0.25, 0.3) is 72.7 Å². The molecule has 0 saturated heterocycles. The van der Waals surface area contributed by atoms with Gasteiger partial charge in [0.15, 0.2) is 0 Å². The quantitative estimate of drug-likeness (QED) is 0.162. The number of benzene rings is 6. The van der Waals surface area contributed by atoms with Gasteiger partial charge in [0.25, 0.3) is 0 Å². The van der Waals surface area contributed by atoms with Crippen LogP contribution in [0, 0.1) is 6.07 Å². The van der Waals surface area contributed by atoms with Gasteiger partial charge in [-0.05, 0) is 86.5 Å². The van der Waals surface area contributed by atoms with E-state index in [1.807, 2.05) is 62.5 Å². The van der Waals surface area contributed by atoms with Crippen LogP contribution in [-0.4, -0.2) is 19.6 Å². The van der Waals surface area contributed by atoms with Crippen molar-refractivity contribution in [2.45, 2.75) is 72.1 Å². The van der Waals surface area contributed by atoms with E-state index in [1.54, 1.807) is 6.07 Å². The Balaban J connectivity index is 0.00000528. The van der Waals surface area contributed by atoms with Crippen molar-refractivity contribution in [3.8, 4) is 67.5 Å². The van der Waals surface area contributed by atoms with Crippen LogP contribution in [0.2, 0.25) is 0 Å². The number of phenolic OH excluding ortho intramolecular Hbond substituents is 1. The predicted molar refractivity (Wildman–Crippen MR) is 238 cm³/mol. The van der Waals surface area contributed by atoms with Gasteiger partial charge in [-0.25, -0.2) is 4.98 Å². The SMILES string of the molecule is [2H]C(C)(C)c1ccc(-c2ccnc(-c3[c-]c(-c4cccc5c4nc(-c4ccccc4O)n5-c4ccc(-c5ccccc5)cc4C(C)(C)C)cc(C(C)(C)C)c3)c2)cc1.[Pt].